The number of carbonyl (C=O) groups is 1. The lowest BCUT2D eigenvalue weighted by Crippen LogP contribution is -2.36. The Balaban J connectivity index is 2.28. The number of hydrogen-bond acceptors (Lipinski definition) is 3. The van der Waals surface area contributed by atoms with E-state index in [1.165, 1.54) is 6.92 Å². The molecule has 0 aromatic carbocycles. The zero-order chi connectivity index (χ0) is 9.90. The molecular weight excluding hydrogens is 182 g/mol. The van der Waals surface area contributed by atoms with Gasteiger partial charge in [-0.05, 0) is 19.8 Å². The number of ether oxygens (including phenoxy) is 2. The summed E-state index contributed by atoms with van der Waals surface area (Å²) in [5.41, 5.74) is 0. The molecule has 0 aromatic rings. The highest BCUT2D eigenvalue weighted by Gasteiger charge is 2.42. The zero-order valence-corrected chi connectivity index (χ0v) is 7.39. The second-order valence-corrected chi connectivity index (χ2v) is 2.94. The first kappa shape index (κ1) is 10.4. The molecule has 1 saturated carbocycles. The molecule has 0 unspecified atom stereocenters. The van der Waals surface area contributed by atoms with Crippen LogP contribution in [-0.4, -0.2) is 31.2 Å². The molecule has 0 aliphatic heterocycles. The van der Waals surface area contributed by atoms with Gasteiger partial charge in [0.05, 0.1) is 12.7 Å². The number of carbonyl (C=O) groups excluding carboxylic acids is 1. The van der Waals surface area contributed by atoms with Gasteiger partial charge in [0.15, 0.2) is 0 Å². The van der Waals surface area contributed by atoms with E-state index in [-0.39, 0.29) is 12.7 Å². The minimum absolute atomic E-state index is 0.0438. The molecule has 1 fully saturated rings. The van der Waals surface area contributed by atoms with Gasteiger partial charge in [-0.2, -0.15) is 8.78 Å². The summed E-state index contributed by atoms with van der Waals surface area (Å²) in [6, 6.07) is 0. The minimum atomic E-state index is -3.50. The number of esters is 1. The lowest BCUT2D eigenvalue weighted by atomic mass is 10.4. The van der Waals surface area contributed by atoms with Crippen LogP contribution in [0.25, 0.3) is 0 Å². The van der Waals surface area contributed by atoms with Gasteiger partial charge in [-0.25, -0.2) is 4.79 Å². The number of halogens is 2. The highest BCUT2D eigenvalue weighted by atomic mass is 19.3. The minimum Gasteiger partial charge on any atom is -0.461 e. The Kier molecular flexibility index (Phi) is 3.19. The van der Waals surface area contributed by atoms with Crippen molar-refractivity contribution >= 4 is 5.97 Å². The summed E-state index contributed by atoms with van der Waals surface area (Å²) in [6.07, 6.45) is 1.53. The van der Waals surface area contributed by atoms with Crippen LogP contribution in [0, 0.1) is 0 Å². The second-order valence-electron chi connectivity index (χ2n) is 2.94. The van der Waals surface area contributed by atoms with Crippen molar-refractivity contribution in [3.8, 4) is 0 Å². The molecule has 76 valence electrons. The third-order valence-electron chi connectivity index (χ3n) is 1.60. The van der Waals surface area contributed by atoms with Crippen LogP contribution in [-0.2, 0) is 14.3 Å². The van der Waals surface area contributed by atoms with E-state index in [1.54, 1.807) is 0 Å². The Bertz CT molecular complexity index is 190. The van der Waals surface area contributed by atoms with E-state index >= 15 is 0 Å². The van der Waals surface area contributed by atoms with Crippen LogP contribution in [0.15, 0.2) is 0 Å². The van der Waals surface area contributed by atoms with Gasteiger partial charge in [0.25, 0.3) is 0 Å². The van der Waals surface area contributed by atoms with Crippen molar-refractivity contribution in [3.63, 3.8) is 0 Å². The van der Waals surface area contributed by atoms with Crippen LogP contribution in [0.3, 0.4) is 0 Å². The van der Waals surface area contributed by atoms with Crippen LogP contribution in [0.5, 0.6) is 0 Å². The third kappa shape index (κ3) is 3.26. The molecule has 5 heteroatoms. The Hall–Kier alpha value is -0.710. The molecule has 0 aromatic heterocycles. The van der Waals surface area contributed by atoms with Gasteiger partial charge in [0.1, 0.15) is 6.61 Å². The van der Waals surface area contributed by atoms with Gasteiger partial charge in [-0.1, -0.05) is 0 Å². The predicted octanol–water partition coefficient (Wildman–Crippen LogP) is 1.36. The van der Waals surface area contributed by atoms with E-state index in [0.717, 1.165) is 12.8 Å². The largest absolute Gasteiger partial charge is 0.461 e. The van der Waals surface area contributed by atoms with Crippen molar-refractivity contribution in [2.24, 2.45) is 0 Å². The van der Waals surface area contributed by atoms with Crippen molar-refractivity contribution in [2.45, 2.75) is 31.8 Å². The third-order valence-corrected chi connectivity index (χ3v) is 1.60. The summed E-state index contributed by atoms with van der Waals surface area (Å²) in [5.74, 6) is -5.01. The molecule has 0 spiro atoms. The Labute approximate surface area is 75.0 Å². The van der Waals surface area contributed by atoms with Gasteiger partial charge in [0.2, 0.25) is 0 Å². The molecule has 0 bridgehead atoms. The molecule has 0 saturated heterocycles. The summed E-state index contributed by atoms with van der Waals surface area (Å²) in [6.45, 7) is 0.573. The molecule has 0 radical (unpaired) electrons. The summed E-state index contributed by atoms with van der Waals surface area (Å²) >= 11 is 0. The maximum absolute atomic E-state index is 12.8. The summed E-state index contributed by atoms with van der Waals surface area (Å²) in [5, 5.41) is 0. The quantitative estimate of drug-likeness (QED) is 0.620. The van der Waals surface area contributed by atoms with Crippen molar-refractivity contribution in [3.05, 3.63) is 0 Å². The SMILES string of the molecule is CCOC(=O)C(F)(F)COC1CC1. The normalized spacial score (nSPS) is 17.2. The molecule has 1 aliphatic carbocycles. The smallest absolute Gasteiger partial charge is 0.379 e. The summed E-state index contributed by atoms with van der Waals surface area (Å²) in [4.78, 5) is 10.6. The lowest BCUT2D eigenvalue weighted by molar-refractivity contribution is -0.180. The molecule has 0 heterocycles. The van der Waals surface area contributed by atoms with Crippen molar-refractivity contribution < 1.29 is 23.0 Å². The topological polar surface area (TPSA) is 35.5 Å². The molecule has 0 atom stereocenters. The van der Waals surface area contributed by atoms with E-state index in [2.05, 4.69) is 4.74 Å². The first-order valence-electron chi connectivity index (χ1n) is 4.23. The van der Waals surface area contributed by atoms with Crippen molar-refractivity contribution in [1.82, 2.24) is 0 Å². The molecule has 1 rings (SSSR count). The van der Waals surface area contributed by atoms with Gasteiger partial charge in [-0.15, -0.1) is 0 Å². The molecule has 3 nitrogen and oxygen atoms in total. The average molecular weight is 194 g/mol. The number of hydrogen-bond donors (Lipinski definition) is 0. The van der Waals surface area contributed by atoms with Crippen molar-refractivity contribution in [2.75, 3.05) is 13.2 Å². The first-order valence-corrected chi connectivity index (χ1v) is 4.23. The molecule has 13 heavy (non-hydrogen) atoms. The van der Waals surface area contributed by atoms with Crippen LogP contribution < -0.4 is 0 Å². The molecule has 0 N–H and O–H groups in total. The fourth-order valence-corrected chi connectivity index (χ4v) is 0.753. The van der Waals surface area contributed by atoms with Gasteiger partial charge < -0.3 is 9.47 Å². The second kappa shape index (κ2) is 4.00. The zero-order valence-electron chi connectivity index (χ0n) is 7.39. The fraction of sp³-hybridized carbons (Fsp3) is 0.875. The maximum atomic E-state index is 12.8. The maximum Gasteiger partial charge on any atom is 0.379 e. The highest BCUT2D eigenvalue weighted by Crippen LogP contribution is 2.26. The van der Waals surface area contributed by atoms with E-state index in [0.29, 0.717) is 0 Å². The summed E-state index contributed by atoms with van der Waals surface area (Å²) in [7, 11) is 0. The molecule has 0 amide bonds. The number of rotatable bonds is 5. The first-order chi connectivity index (χ1) is 6.06. The van der Waals surface area contributed by atoms with Crippen LogP contribution in [0.2, 0.25) is 0 Å². The average Bonchev–Trinajstić information content (AvgIpc) is 2.84. The van der Waals surface area contributed by atoms with Crippen LogP contribution in [0.4, 0.5) is 8.78 Å². The van der Waals surface area contributed by atoms with Gasteiger partial charge in [-0.3, -0.25) is 0 Å². The molecule has 1 aliphatic rings. The predicted molar refractivity (Wildman–Crippen MR) is 40.6 cm³/mol. The Morgan fingerprint density at radius 3 is 2.62 bits per heavy atom. The van der Waals surface area contributed by atoms with Crippen molar-refractivity contribution in [1.29, 1.82) is 0 Å². The standard InChI is InChI=1S/C8H12F2O3/c1-2-12-7(11)8(9,10)5-13-6-3-4-6/h6H,2-5H2,1H3. The Morgan fingerprint density at radius 1 is 1.54 bits per heavy atom. The fourth-order valence-electron chi connectivity index (χ4n) is 0.753. The van der Waals surface area contributed by atoms with E-state index in [9.17, 15) is 13.6 Å². The van der Waals surface area contributed by atoms with E-state index in [4.69, 9.17) is 4.74 Å². The van der Waals surface area contributed by atoms with Crippen LogP contribution >= 0.6 is 0 Å². The number of alkyl halides is 2. The lowest BCUT2D eigenvalue weighted by Gasteiger charge is -2.14. The monoisotopic (exact) mass is 194 g/mol. The highest BCUT2D eigenvalue weighted by molar-refractivity contribution is 5.77. The van der Waals surface area contributed by atoms with E-state index < -0.39 is 18.5 Å². The van der Waals surface area contributed by atoms with Gasteiger partial charge >= 0.3 is 11.9 Å². The van der Waals surface area contributed by atoms with Crippen LogP contribution in [0.1, 0.15) is 19.8 Å². The van der Waals surface area contributed by atoms with E-state index in [1.807, 2.05) is 0 Å². The van der Waals surface area contributed by atoms with Gasteiger partial charge in [0, 0.05) is 0 Å². The molecular formula is C8H12F2O3. The summed E-state index contributed by atoms with van der Waals surface area (Å²) < 4.78 is 34.5. The Morgan fingerprint density at radius 2 is 2.15 bits per heavy atom.